The van der Waals surface area contributed by atoms with Crippen LogP contribution < -0.4 is 0 Å². The molecule has 196 valence electrons. The van der Waals surface area contributed by atoms with E-state index in [1.54, 1.807) is 32.6 Å². The number of likely N-dealkylation sites (tertiary alicyclic amines) is 1. The van der Waals surface area contributed by atoms with Crippen molar-refractivity contribution in [2.45, 2.75) is 85.8 Å². The highest BCUT2D eigenvalue weighted by Crippen LogP contribution is 2.34. The second-order valence-electron chi connectivity index (χ2n) is 12.1. The van der Waals surface area contributed by atoms with Crippen LogP contribution in [0, 0.1) is 11.3 Å². The minimum Gasteiger partial charge on any atom is -0.481 e. The van der Waals surface area contributed by atoms with Crippen molar-refractivity contribution < 1.29 is 24.2 Å². The van der Waals surface area contributed by atoms with E-state index in [9.17, 15) is 19.5 Å². The fourth-order valence-corrected chi connectivity index (χ4v) is 4.24. The van der Waals surface area contributed by atoms with Crippen LogP contribution in [0.4, 0.5) is 4.79 Å². The Labute approximate surface area is 213 Å². The molecule has 0 aliphatic carbocycles. The Hall–Kier alpha value is -2.42. The van der Waals surface area contributed by atoms with Crippen LogP contribution in [-0.4, -0.2) is 74.1 Å². The summed E-state index contributed by atoms with van der Waals surface area (Å²) in [5.74, 6) is -0.835. The first kappa shape index (κ1) is 28.8. The van der Waals surface area contributed by atoms with Gasteiger partial charge in [0.1, 0.15) is 16.6 Å². The predicted molar refractivity (Wildman–Crippen MR) is 134 cm³/mol. The first-order valence-corrected chi connectivity index (χ1v) is 12.3. The molecule has 0 unspecified atom stereocenters. The molecule has 0 radical (unpaired) electrons. The molecule has 9 nitrogen and oxygen atoms in total. The van der Waals surface area contributed by atoms with E-state index >= 15 is 0 Å². The van der Waals surface area contributed by atoms with Crippen molar-refractivity contribution in [3.63, 3.8) is 0 Å². The zero-order chi connectivity index (χ0) is 26.9. The minimum atomic E-state index is -1.26. The van der Waals surface area contributed by atoms with Crippen molar-refractivity contribution in [3.05, 3.63) is 22.7 Å². The number of rotatable bonds is 5. The number of carboxylic acids is 1. The average molecular weight is 511 g/mol. The maximum atomic E-state index is 13.7. The highest BCUT2D eigenvalue weighted by Gasteiger charge is 2.47. The van der Waals surface area contributed by atoms with E-state index in [2.05, 4.69) is 9.97 Å². The molecule has 0 saturated carbocycles. The van der Waals surface area contributed by atoms with Gasteiger partial charge in [0.15, 0.2) is 0 Å². The van der Waals surface area contributed by atoms with Crippen molar-refractivity contribution in [1.29, 1.82) is 0 Å². The molecule has 2 amide bonds. The Morgan fingerprint density at radius 1 is 1.26 bits per heavy atom. The van der Waals surface area contributed by atoms with Crippen LogP contribution in [0.2, 0.25) is 5.15 Å². The number of halogens is 1. The predicted octanol–water partition coefficient (Wildman–Crippen LogP) is 4.63. The lowest BCUT2D eigenvalue weighted by molar-refractivity contribution is -0.152. The van der Waals surface area contributed by atoms with Gasteiger partial charge in [-0.2, -0.15) is 0 Å². The molecule has 0 bridgehead atoms. The Kier molecular flexibility index (Phi) is 8.47. The molecule has 1 aliphatic heterocycles. The lowest BCUT2D eigenvalue weighted by atomic mass is 9.79. The lowest BCUT2D eigenvalue weighted by Gasteiger charge is -2.46. The average Bonchev–Trinajstić information content (AvgIpc) is 2.68. The van der Waals surface area contributed by atoms with Gasteiger partial charge in [-0.15, -0.1) is 0 Å². The molecule has 0 spiro atoms. The standard InChI is InChI=1S/C25H39ClN4O5/c1-15(2)12-30(19(31)17-11-27-20(23(3,4)5)28-18(17)26)16-10-25(9,21(32)33)14-29(13-16)22(34)35-24(6,7)8/h11,15-16H,10,12-14H2,1-9H3,(H,32,33)/t16-,25+/m0/s1. The van der Waals surface area contributed by atoms with Crippen molar-refractivity contribution >= 4 is 29.6 Å². The molecule has 1 N–H and O–H groups in total. The second kappa shape index (κ2) is 10.3. The number of carboxylic acid groups (broad SMARTS) is 1. The molecule has 10 heteroatoms. The fraction of sp³-hybridized carbons (Fsp3) is 0.720. The summed E-state index contributed by atoms with van der Waals surface area (Å²) >= 11 is 6.43. The summed E-state index contributed by atoms with van der Waals surface area (Å²) in [4.78, 5) is 50.5. The molecular weight excluding hydrogens is 472 g/mol. The summed E-state index contributed by atoms with van der Waals surface area (Å²) in [7, 11) is 0. The monoisotopic (exact) mass is 510 g/mol. The fourth-order valence-electron chi connectivity index (χ4n) is 4.03. The van der Waals surface area contributed by atoms with E-state index in [1.807, 2.05) is 34.6 Å². The SMILES string of the molecule is CC(C)CN(C(=O)c1cnc(C(C)(C)C)nc1Cl)[C@@H]1CN(C(=O)OC(C)(C)C)C[C@](C)(C(=O)O)C1. The van der Waals surface area contributed by atoms with Crippen molar-refractivity contribution in [3.8, 4) is 0 Å². The highest BCUT2D eigenvalue weighted by atomic mass is 35.5. The smallest absolute Gasteiger partial charge is 0.410 e. The molecule has 0 aromatic carbocycles. The van der Waals surface area contributed by atoms with Gasteiger partial charge < -0.3 is 19.6 Å². The van der Waals surface area contributed by atoms with Crippen molar-refractivity contribution in [2.24, 2.45) is 11.3 Å². The summed E-state index contributed by atoms with van der Waals surface area (Å²) in [6.07, 6.45) is 0.997. The molecule has 1 saturated heterocycles. The Morgan fingerprint density at radius 2 is 1.86 bits per heavy atom. The first-order chi connectivity index (χ1) is 15.8. The zero-order valence-corrected chi connectivity index (χ0v) is 23.1. The summed E-state index contributed by atoms with van der Waals surface area (Å²) in [6.45, 7) is 17.1. The number of ether oxygens (including phenoxy) is 1. The molecule has 2 rings (SSSR count). The number of amides is 2. The third kappa shape index (κ3) is 7.29. The number of carbonyl (C=O) groups is 3. The number of aromatic nitrogens is 2. The molecule has 2 heterocycles. The number of aliphatic carboxylic acids is 1. The van der Waals surface area contributed by atoms with E-state index in [0.29, 0.717) is 12.4 Å². The van der Waals surface area contributed by atoms with Gasteiger partial charge in [-0.3, -0.25) is 9.59 Å². The summed E-state index contributed by atoms with van der Waals surface area (Å²) in [5.41, 5.74) is -2.20. The third-order valence-electron chi connectivity index (χ3n) is 5.73. The largest absolute Gasteiger partial charge is 0.481 e. The summed E-state index contributed by atoms with van der Waals surface area (Å²) in [6, 6.07) is -0.564. The summed E-state index contributed by atoms with van der Waals surface area (Å²) in [5, 5.41) is 10.0. The van der Waals surface area contributed by atoms with Gasteiger partial charge in [0.2, 0.25) is 0 Å². The van der Waals surface area contributed by atoms with E-state index in [4.69, 9.17) is 16.3 Å². The number of nitrogens with zero attached hydrogens (tertiary/aromatic N) is 4. The van der Waals surface area contributed by atoms with Gasteiger partial charge in [-0.1, -0.05) is 46.2 Å². The van der Waals surface area contributed by atoms with Crippen LogP contribution in [-0.2, 0) is 14.9 Å². The topological polar surface area (TPSA) is 113 Å². The maximum Gasteiger partial charge on any atom is 0.410 e. The molecule has 1 aromatic heterocycles. The first-order valence-electron chi connectivity index (χ1n) is 11.9. The lowest BCUT2D eigenvalue weighted by Crippen LogP contribution is -2.60. The molecule has 2 atom stereocenters. The Balaban J connectivity index is 2.47. The molecular formula is C25H39ClN4O5. The van der Waals surface area contributed by atoms with E-state index in [1.165, 1.54) is 11.1 Å². The number of carbonyl (C=O) groups excluding carboxylic acids is 2. The minimum absolute atomic E-state index is 0.0123. The van der Waals surface area contributed by atoms with E-state index in [0.717, 1.165) is 0 Å². The molecule has 1 aliphatic rings. The van der Waals surface area contributed by atoms with Crippen LogP contribution >= 0.6 is 11.6 Å². The van der Waals surface area contributed by atoms with Crippen LogP contribution in [0.15, 0.2) is 6.20 Å². The van der Waals surface area contributed by atoms with Gasteiger partial charge in [-0.25, -0.2) is 14.8 Å². The maximum absolute atomic E-state index is 13.7. The van der Waals surface area contributed by atoms with E-state index in [-0.39, 0.29) is 41.6 Å². The summed E-state index contributed by atoms with van der Waals surface area (Å²) < 4.78 is 5.52. The van der Waals surface area contributed by atoms with Gasteiger partial charge in [0.05, 0.1) is 17.0 Å². The quantitative estimate of drug-likeness (QED) is 0.574. The van der Waals surface area contributed by atoms with Crippen LogP contribution in [0.3, 0.4) is 0 Å². The van der Waals surface area contributed by atoms with Crippen LogP contribution in [0.1, 0.15) is 84.9 Å². The molecule has 1 aromatic rings. The normalized spacial score (nSPS) is 21.1. The third-order valence-corrected chi connectivity index (χ3v) is 6.02. The van der Waals surface area contributed by atoms with Crippen LogP contribution in [0.5, 0.6) is 0 Å². The van der Waals surface area contributed by atoms with Gasteiger partial charge >= 0.3 is 12.1 Å². The number of hydrogen-bond donors (Lipinski definition) is 1. The Morgan fingerprint density at radius 3 is 2.31 bits per heavy atom. The van der Waals surface area contributed by atoms with E-state index < -0.39 is 35.0 Å². The van der Waals surface area contributed by atoms with Gasteiger partial charge in [0.25, 0.3) is 5.91 Å². The number of hydrogen-bond acceptors (Lipinski definition) is 6. The number of piperidine rings is 1. The molecule has 35 heavy (non-hydrogen) atoms. The second-order valence-corrected chi connectivity index (χ2v) is 12.4. The highest BCUT2D eigenvalue weighted by molar-refractivity contribution is 6.32. The van der Waals surface area contributed by atoms with Gasteiger partial charge in [0, 0.05) is 31.2 Å². The molecule has 1 fully saturated rings. The van der Waals surface area contributed by atoms with Crippen molar-refractivity contribution in [2.75, 3.05) is 19.6 Å². The van der Waals surface area contributed by atoms with Gasteiger partial charge in [-0.05, 0) is 40.0 Å². The zero-order valence-electron chi connectivity index (χ0n) is 22.3. The van der Waals surface area contributed by atoms with Crippen LogP contribution in [0.25, 0.3) is 0 Å². The van der Waals surface area contributed by atoms with Crippen molar-refractivity contribution in [1.82, 2.24) is 19.8 Å². The Bertz CT molecular complexity index is 970.